The van der Waals surface area contributed by atoms with Gasteiger partial charge in [0.2, 0.25) is 5.60 Å². The third-order valence-corrected chi connectivity index (χ3v) is 7.28. The molecular formula is C30H33N3O3. The lowest BCUT2D eigenvalue weighted by atomic mass is 9.81. The Hall–Kier alpha value is -3.80. The Balaban J connectivity index is 1.88. The van der Waals surface area contributed by atoms with Crippen molar-refractivity contribution in [2.45, 2.75) is 46.8 Å². The van der Waals surface area contributed by atoms with Gasteiger partial charge < -0.3 is 18.9 Å². The lowest BCUT2D eigenvalue weighted by Gasteiger charge is -2.31. The minimum atomic E-state index is -1.19. The van der Waals surface area contributed by atoms with Crippen LogP contribution in [-0.2, 0) is 16.9 Å². The zero-order valence-electron chi connectivity index (χ0n) is 21.7. The Morgan fingerprint density at radius 1 is 1.03 bits per heavy atom. The molecule has 0 spiro atoms. The van der Waals surface area contributed by atoms with E-state index >= 15 is 0 Å². The maximum absolute atomic E-state index is 13.3. The van der Waals surface area contributed by atoms with Crippen molar-refractivity contribution in [3.05, 3.63) is 88.9 Å². The molecule has 0 saturated carbocycles. The smallest absolute Gasteiger partial charge is 0.341 e. The summed E-state index contributed by atoms with van der Waals surface area (Å²) in [5, 5.41) is 1.05. The van der Waals surface area contributed by atoms with E-state index in [0.717, 1.165) is 58.8 Å². The lowest BCUT2D eigenvalue weighted by Crippen LogP contribution is -2.32. The van der Waals surface area contributed by atoms with Crippen LogP contribution in [0.3, 0.4) is 0 Å². The number of hydrogen-bond acceptors (Lipinski definition) is 5. The molecule has 2 aromatic heterocycles. The summed E-state index contributed by atoms with van der Waals surface area (Å²) in [5.41, 5.74) is 4.89. The van der Waals surface area contributed by atoms with Gasteiger partial charge in [-0.05, 0) is 65.0 Å². The Morgan fingerprint density at radius 2 is 1.81 bits per heavy atom. The molecule has 0 radical (unpaired) electrons. The monoisotopic (exact) mass is 483 g/mol. The van der Waals surface area contributed by atoms with Gasteiger partial charge in [0.15, 0.2) is 0 Å². The van der Waals surface area contributed by atoms with E-state index in [2.05, 4.69) is 61.4 Å². The van der Waals surface area contributed by atoms with E-state index in [1.165, 1.54) is 0 Å². The number of fused-ring (bicyclic) bond motifs is 2. The highest BCUT2D eigenvalue weighted by Crippen LogP contribution is 2.51. The highest BCUT2D eigenvalue weighted by atomic mass is 16.6. The molecule has 36 heavy (non-hydrogen) atoms. The first kappa shape index (κ1) is 23.9. The van der Waals surface area contributed by atoms with Crippen LogP contribution < -0.4 is 9.64 Å². The summed E-state index contributed by atoms with van der Waals surface area (Å²) in [6, 6.07) is 18.1. The number of carbonyl (C=O) groups is 1. The molecule has 1 aliphatic heterocycles. The fourth-order valence-electron chi connectivity index (χ4n) is 5.71. The number of aromatic nitrogens is 2. The molecule has 6 nitrogen and oxygen atoms in total. The molecule has 0 fully saturated rings. The van der Waals surface area contributed by atoms with Crippen molar-refractivity contribution >= 4 is 22.6 Å². The molecule has 1 aliphatic rings. The molecule has 5 rings (SSSR count). The number of cyclic esters (lactones) is 1. The van der Waals surface area contributed by atoms with Gasteiger partial charge in [-0.2, -0.15) is 0 Å². The van der Waals surface area contributed by atoms with Crippen molar-refractivity contribution < 1.29 is 14.3 Å². The van der Waals surface area contributed by atoms with Crippen LogP contribution in [0.2, 0.25) is 0 Å². The molecule has 0 amide bonds. The first-order valence-electron chi connectivity index (χ1n) is 12.8. The third kappa shape index (κ3) is 3.39. The van der Waals surface area contributed by atoms with E-state index in [1.807, 2.05) is 25.1 Å². The average Bonchev–Trinajstić information content (AvgIpc) is 3.36. The van der Waals surface area contributed by atoms with Gasteiger partial charge in [0.25, 0.3) is 0 Å². The number of esters is 1. The van der Waals surface area contributed by atoms with Crippen LogP contribution in [0.5, 0.6) is 5.75 Å². The first-order valence-corrected chi connectivity index (χ1v) is 12.8. The van der Waals surface area contributed by atoms with Gasteiger partial charge in [-0.15, -0.1) is 0 Å². The number of para-hydroxylation sites is 1. The van der Waals surface area contributed by atoms with Crippen LogP contribution in [0, 0.1) is 6.92 Å². The number of aryl methyl sites for hydroxylation is 1. The SMILES string of the molecule is CCOc1cc(C2(c3c(C)n(CC)c4ccccc34)OC(=O)c3cccnc32)ccc1N(CC)CC. The number of ether oxygens (including phenoxy) is 2. The molecule has 2 aromatic carbocycles. The Bertz CT molecular complexity index is 1440. The Labute approximate surface area is 212 Å². The quantitative estimate of drug-likeness (QED) is 0.285. The number of carbonyl (C=O) groups excluding carboxylic acids is 1. The number of pyridine rings is 1. The largest absolute Gasteiger partial charge is 0.492 e. The Kier molecular flexibility index (Phi) is 6.20. The average molecular weight is 484 g/mol. The number of benzene rings is 2. The van der Waals surface area contributed by atoms with Gasteiger partial charge in [0.05, 0.1) is 17.9 Å². The van der Waals surface area contributed by atoms with Crippen molar-refractivity contribution in [1.82, 2.24) is 9.55 Å². The fourth-order valence-corrected chi connectivity index (χ4v) is 5.71. The summed E-state index contributed by atoms with van der Waals surface area (Å²) in [7, 11) is 0. The van der Waals surface area contributed by atoms with E-state index in [4.69, 9.17) is 14.5 Å². The van der Waals surface area contributed by atoms with Gasteiger partial charge in [-0.3, -0.25) is 4.98 Å². The second-order valence-electron chi connectivity index (χ2n) is 8.98. The van der Waals surface area contributed by atoms with Crippen LogP contribution in [0.1, 0.15) is 60.6 Å². The van der Waals surface area contributed by atoms with Crippen molar-refractivity contribution in [1.29, 1.82) is 0 Å². The highest BCUT2D eigenvalue weighted by Gasteiger charge is 2.52. The number of nitrogens with zero attached hydrogens (tertiary/aromatic N) is 3. The Morgan fingerprint density at radius 3 is 2.53 bits per heavy atom. The minimum Gasteiger partial charge on any atom is -0.492 e. The van der Waals surface area contributed by atoms with E-state index < -0.39 is 5.60 Å². The summed E-state index contributed by atoms with van der Waals surface area (Å²) in [4.78, 5) is 20.3. The summed E-state index contributed by atoms with van der Waals surface area (Å²) in [6.45, 7) is 13.6. The maximum atomic E-state index is 13.3. The van der Waals surface area contributed by atoms with Crippen LogP contribution in [0.25, 0.3) is 10.9 Å². The van der Waals surface area contributed by atoms with Crippen molar-refractivity contribution in [3.8, 4) is 5.75 Å². The molecule has 1 unspecified atom stereocenters. The first-order chi connectivity index (χ1) is 17.5. The highest BCUT2D eigenvalue weighted by molar-refractivity contribution is 5.98. The number of rotatable bonds is 8. The van der Waals surface area contributed by atoms with Crippen molar-refractivity contribution in [2.24, 2.45) is 0 Å². The second kappa shape index (κ2) is 9.34. The summed E-state index contributed by atoms with van der Waals surface area (Å²) < 4.78 is 14.9. The van der Waals surface area contributed by atoms with Gasteiger partial charge in [-0.25, -0.2) is 4.79 Å². The standard InChI is InChI=1S/C30H33N3O3/c1-6-32(7-2)25-17-16-21(19-26(25)35-9-4)30(28-23(29(34)36-30)14-12-18-31-28)27-20(5)33(8-3)24-15-11-10-13-22(24)27/h10-19H,6-9H2,1-5H3. The zero-order chi connectivity index (χ0) is 25.4. The number of hydrogen-bond donors (Lipinski definition) is 0. The number of anilines is 1. The van der Waals surface area contributed by atoms with Crippen molar-refractivity contribution in [3.63, 3.8) is 0 Å². The lowest BCUT2D eigenvalue weighted by molar-refractivity contribution is 0.0244. The van der Waals surface area contributed by atoms with Crippen LogP contribution in [-0.4, -0.2) is 35.2 Å². The predicted octanol–water partition coefficient (Wildman–Crippen LogP) is 6.07. The molecule has 0 aliphatic carbocycles. The van der Waals surface area contributed by atoms with Gasteiger partial charge in [0.1, 0.15) is 11.4 Å². The van der Waals surface area contributed by atoms with Gasteiger partial charge in [-0.1, -0.05) is 24.3 Å². The fraction of sp³-hybridized carbons (Fsp3) is 0.333. The van der Waals surface area contributed by atoms with Crippen LogP contribution in [0.4, 0.5) is 5.69 Å². The van der Waals surface area contributed by atoms with Gasteiger partial charge >= 0.3 is 5.97 Å². The molecule has 4 aromatic rings. The summed E-state index contributed by atoms with van der Waals surface area (Å²) >= 11 is 0. The molecule has 6 heteroatoms. The molecule has 0 N–H and O–H groups in total. The normalized spacial score (nSPS) is 16.8. The minimum absolute atomic E-state index is 0.364. The topological polar surface area (TPSA) is 56.6 Å². The van der Waals surface area contributed by atoms with E-state index in [0.29, 0.717) is 17.9 Å². The van der Waals surface area contributed by atoms with Crippen molar-refractivity contribution in [2.75, 3.05) is 24.6 Å². The summed E-state index contributed by atoms with van der Waals surface area (Å²) in [5.74, 6) is 0.409. The molecule has 0 bridgehead atoms. The van der Waals surface area contributed by atoms with E-state index in [1.54, 1.807) is 18.3 Å². The van der Waals surface area contributed by atoms with Crippen LogP contribution >= 0.6 is 0 Å². The molecule has 3 heterocycles. The second-order valence-corrected chi connectivity index (χ2v) is 8.98. The summed E-state index contributed by atoms with van der Waals surface area (Å²) in [6.07, 6.45) is 1.73. The van der Waals surface area contributed by atoms with E-state index in [-0.39, 0.29) is 5.97 Å². The predicted molar refractivity (Wildman–Crippen MR) is 143 cm³/mol. The molecule has 186 valence electrons. The third-order valence-electron chi connectivity index (χ3n) is 7.28. The van der Waals surface area contributed by atoms with Crippen LogP contribution in [0.15, 0.2) is 60.8 Å². The zero-order valence-corrected chi connectivity index (χ0v) is 21.7. The molecular weight excluding hydrogens is 450 g/mol. The van der Waals surface area contributed by atoms with E-state index in [9.17, 15) is 4.79 Å². The molecule has 1 atom stereocenters. The molecule has 0 saturated heterocycles. The van der Waals surface area contributed by atoms with Gasteiger partial charge in [0, 0.05) is 53.6 Å². The maximum Gasteiger partial charge on any atom is 0.341 e.